The van der Waals surface area contributed by atoms with Crippen molar-refractivity contribution in [2.75, 3.05) is 25.0 Å². The molecule has 1 amide bonds. The number of anilines is 1. The molecule has 1 aliphatic carbocycles. The molecule has 32 heavy (non-hydrogen) atoms. The van der Waals surface area contributed by atoms with Gasteiger partial charge in [-0.05, 0) is 52.5 Å². The Morgan fingerprint density at radius 2 is 2.16 bits per heavy atom. The molecule has 0 bridgehead atoms. The number of nitrogens with one attached hydrogen (secondary N) is 2. The highest BCUT2D eigenvalue weighted by Gasteiger charge is 2.36. The Balaban J connectivity index is 2.06. The van der Waals surface area contributed by atoms with E-state index in [1.54, 1.807) is 12.1 Å². The molecular weight excluding hydrogens is 431 g/mol. The molecule has 176 valence electrons. The topological polar surface area (TPSA) is 77.5 Å². The molecule has 1 aliphatic rings. The summed E-state index contributed by atoms with van der Waals surface area (Å²) in [6.45, 7) is 15.7. The highest BCUT2D eigenvalue weighted by Crippen LogP contribution is 2.35. The van der Waals surface area contributed by atoms with Gasteiger partial charge in [-0.15, -0.1) is 6.58 Å². The van der Waals surface area contributed by atoms with Crippen molar-refractivity contribution in [2.24, 2.45) is 0 Å². The van der Waals surface area contributed by atoms with Gasteiger partial charge < -0.3 is 15.7 Å². The number of hydrogen-bond acceptors (Lipinski definition) is 5. The van der Waals surface area contributed by atoms with Crippen molar-refractivity contribution in [1.82, 2.24) is 15.2 Å². The van der Waals surface area contributed by atoms with Gasteiger partial charge in [-0.3, -0.25) is 9.69 Å². The molecule has 2 rings (SSSR count). The van der Waals surface area contributed by atoms with Crippen LogP contribution in [0.4, 0.5) is 10.1 Å². The van der Waals surface area contributed by atoms with E-state index < -0.39 is 17.7 Å². The fourth-order valence-corrected chi connectivity index (χ4v) is 4.13. The second kappa shape index (κ2) is 11.2. The molecule has 1 fully saturated rings. The zero-order chi connectivity index (χ0) is 23.9. The van der Waals surface area contributed by atoms with Gasteiger partial charge in [0.2, 0.25) is 6.58 Å². The van der Waals surface area contributed by atoms with Gasteiger partial charge >= 0.3 is 0 Å². The van der Waals surface area contributed by atoms with Gasteiger partial charge in [-0.1, -0.05) is 17.7 Å². The van der Waals surface area contributed by atoms with Gasteiger partial charge in [0.05, 0.1) is 29.9 Å². The van der Waals surface area contributed by atoms with E-state index in [0.717, 1.165) is 32.2 Å². The molecule has 0 unspecified atom stereocenters. The zero-order valence-electron chi connectivity index (χ0n) is 19.2. The molecule has 0 spiro atoms. The third-order valence-electron chi connectivity index (χ3n) is 6.18. The van der Waals surface area contributed by atoms with Gasteiger partial charge in [0, 0.05) is 24.3 Å². The highest BCUT2D eigenvalue weighted by molar-refractivity contribution is 6.29. The molecule has 1 aromatic rings. The number of halogens is 2. The minimum atomic E-state index is -1.59. The molecule has 0 aliphatic heterocycles. The highest BCUT2D eigenvalue weighted by atomic mass is 35.5. The first-order valence-electron chi connectivity index (χ1n) is 11.0. The Hall–Kier alpha value is -2.05. The van der Waals surface area contributed by atoms with Crippen LogP contribution < -0.4 is 10.6 Å². The van der Waals surface area contributed by atoms with E-state index in [4.69, 9.17) is 18.2 Å². The van der Waals surface area contributed by atoms with Crippen molar-refractivity contribution < 1.29 is 14.3 Å². The first-order valence-corrected chi connectivity index (χ1v) is 11.3. The van der Waals surface area contributed by atoms with Gasteiger partial charge in [0.25, 0.3) is 5.91 Å². The third kappa shape index (κ3) is 6.97. The summed E-state index contributed by atoms with van der Waals surface area (Å²) >= 11 is 6.08. The van der Waals surface area contributed by atoms with Crippen LogP contribution in [-0.4, -0.2) is 63.9 Å². The standard InChI is InChI=1S/C24H34ClFN4O2/c1-6-12-30(13-7-2)24(5)10-8-17(9-11-24)29-19-14-21(25)27-15-18(19)22(31)28-16-20(26)23(3,4)32/h1,6-7,14-15,17,20,32H,2,8-13,16H2,3-5H3,(H-,27,28,29,31)/p+1/t17?,20-,24?/m1/s1. The molecule has 0 aromatic carbocycles. The zero-order valence-corrected chi connectivity index (χ0v) is 20.0. The number of aliphatic hydroxyl groups is 1. The predicted molar refractivity (Wildman–Crippen MR) is 128 cm³/mol. The molecule has 0 saturated heterocycles. The number of aromatic nitrogens is 1. The van der Waals surface area contributed by atoms with Gasteiger partial charge in [0.15, 0.2) is 6.08 Å². The summed E-state index contributed by atoms with van der Waals surface area (Å²) in [5, 5.41) is 16.0. The first-order chi connectivity index (χ1) is 15.0. The maximum atomic E-state index is 14.0. The van der Waals surface area contributed by atoms with Crippen LogP contribution in [0.2, 0.25) is 5.15 Å². The Kier molecular flexibility index (Phi) is 9.17. The molecular formula is C24H35ClFN4O2+. The lowest BCUT2D eigenvalue weighted by molar-refractivity contribution is -0.00177. The van der Waals surface area contributed by atoms with Gasteiger partial charge in [-0.25, -0.2) is 9.37 Å². The lowest BCUT2D eigenvalue weighted by atomic mass is 9.79. The minimum absolute atomic E-state index is 0.0194. The Labute approximate surface area is 195 Å². The summed E-state index contributed by atoms with van der Waals surface area (Å²) in [7, 11) is 0. The minimum Gasteiger partial charge on any atom is -0.387 e. The van der Waals surface area contributed by atoms with E-state index in [9.17, 15) is 14.3 Å². The van der Waals surface area contributed by atoms with Crippen molar-refractivity contribution in [2.45, 2.75) is 69.8 Å². The molecule has 1 saturated carbocycles. The third-order valence-corrected chi connectivity index (χ3v) is 6.39. The van der Waals surface area contributed by atoms with E-state index in [1.807, 2.05) is 6.08 Å². The first kappa shape index (κ1) is 26.2. The number of amides is 1. The van der Waals surface area contributed by atoms with E-state index in [2.05, 4.69) is 34.0 Å². The summed E-state index contributed by atoms with van der Waals surface area (Å²) in [6.07, 6.45) is 7.08. The fraction of sp³-hybridized carbons (Fsp3) is 0.583. The summed E-state index contributed by atoms with van der Waals surface area (Å²) in [5.74, 6) is -0.472. The van der Waals surface area contributed by atoms with Crippen LogP contribution in [0.15, 0.2) is 31.0 Å². The van der Waals surface area contributed by atoms with Crippen molar-refractivity contribution in [3.8, 4) is 0 Å². The molecule has 1 aromatic heterocycles. The van der Waals surface area contributed by atoms with Crippen LogP contribution in [-0.2, 0) is 0 Å². The van der Waals surface area contributed by atoms with E-state index in [0.29, 0.717) is 12.2 Å². The number of nitrogens with zero attached hydrogens (tertiary/aromatic N) is 2. The second-order valence-electron chi connectivity index (χ2n) is 9.23. The van der Waals surface area contributed by atoms with Crippen molar-refractivity contribution in [1.29, 1.82) is 0 Å². The Morgan fingerprint density at radius 1 is 1.50 bits per heavy atom. The Morgan fingerprint density at radius 3 is 2.72 bits per heavy atom. The van der Waals surface area contributed by atoms with Crippen molar-refractivity contribution in [3.63, 3.8) is 0 Å². The largest absolute Gasteiger partial charge is 0.387 e. The van der Waals surface area contributed by atoms with Crippen LogP contribution in [0.25, 0.3) is 0 Å². The summed E-state index contributed by atoms with van der Waals surface area (Å²) < 4.78 is 14.0. The van der Waals surface area contributed by atoms with Gasteiger partial charge in [-0.2, -0.15) is 0 Å². The molecule has 6 nitrogen and oxygen atoms in total. The summed E-state index contributed by atoms with van der Waals surface area (Å²) in [6, 6.07) is 1.77. The lowest BCUT2D eigenvalue weighted by Gasteiger charge is -2.45. The van der Waals surface area contributed by atoms with Crippen molar-refractivity contribution >= 4 is 23.2 Å². The molecule has 8 heteroatoms. The maximum absolute atomic E-state index is 14.0. The normalized spacial score (nSPS) is 22.2. The van der Waals surface area contributed by atoms with E-state index >= 15 is 0 Å². The quantitative estimate of drug-likeness (QED) is 0.260. The molecule has 3 N–H and O–H groups in total. The van der Waals surface area contributed by atoms with Crippen LogP contribution in [0.5, 0.6) is 0 Å². The lowest BCUT2D eigenvalue weighted by Crippen LogP contribution is -2.50. The van der Waals surface area contributed by atoms with Gasteiger partial charge in [0.1, 0.15) is 11.3 Å². The number of carbonyl (C=O) groups is 1. The van der Waals surface area contributed by atoms with Crippen molar-refractivity contribution in [3.05, 3.63) is 48.3 Å². The van der Waals surface area contributed by atoms with Crippen LogP contribution in [0.3, 0.4) is 0 Å². The average Bonchev–Trinajstić information content (AvgIpc) is 2.73. The molecule has 0 radical (unpaired) electrons. The average molecular weight is 466 g/mol. The smallest absolute Gasteiger partial charge is 0.255 e. The van der Waals surface area contributed by atoms with E-state index in [-0.39, 0.29) is 28.8 Å². The predicted octanol–water partition coefficient (Wildman–Crippen LogP) is 4.16. The molecule has 1 heterocycles. The van der Waals surface area contributed by atoms with Crippen LogP contribution >= 0.6 is 11.6 Å². The number of rotatable bonds is 11. The number of alkyl halides is 1. The summed E-state index contributed by atoms with van der Waals surface area (Å²) in [4.78, 5) is 19.0. The number of hydrogen-bond donors (Lipinski definition) is 3. The number of pyridine rings is 1. The fourth-order valence-electron chi connectivity index (χ4n) is 3.98. The summed E-state index contributed by atoms with van der Waals surface area (Å²) in [5.41, 5.74) is -0.668. The SMILES string of the molecule is [CH+]=CCN(CC=C)C1(C)CCC(Nc2cc(Cl)ncc2C(=O)NC[C@@H](F)C(C)(C)O)CC1. The monoisotopic (exact) mass is 465 g/mol. The maximum Gasteiger partial charge on any atom is 0.255 e. The van der Waals surface area contributed by atoms with Crippen LogP contribution in [0.1, 0.15) is 56.8 Å². The van der Waals surface area contributed by atoms with Crippen LogP contribution in [0, 0.1) is 6.58 Å². The second-order valence-corrected chi connectivity index (χ2v) is 9.62. The Bertz CT molecular complexity index is 794. The number of carbonyl (C=O) groups excluding carboxylic acids is 1. The molecule has 1 atom stereocenters. The van der Waals surface area contributed by atoms with E-state index in [1.165, 1.54) is 20.0 Å².